The van der Waals surface area contributed by atoms with Gasteiger partial charge in [-0.3, -0.25) is 0 Å². The Hall–Kier alpha value is -1.55. The van der Waals surface area contributed by atoms with E-state index in [1.165, 1.54) is 0 Å². The molecule has 1 aliphatic heterocycles. The lowest BCUT2D eigenvalue weighted by atomic mass is 10.2. The van der Waals surface area contributed by atoms with Gasteiger partial charge in [-0.15, -0.1) is 0 Å². The second-order valence-electron chi connectivity index (χ2n) is 4.54. The highest BCUT2D eigenvalue weighted by Crippen LogP contribution is 2.14. The Morgan fingerprint density at radius 1 is 1.18 bits per heavy atom. The molecule has 2 amide bonds. The fourth-order valence-corrected chi connectivity index (χ4v) is 1.92. The van der Waals surface area contributed by atoms with Crippen LogP contribution in [0.2, 0.25) is 0 Å². The maximum atomic E-state index is 12.0. The third-order valence-corrected chi connectivity index (χ3v) is 3.18. The number of rotatable bonds is 1. The predicted octanol–water partition coefficient (Wildman–Crippen LogP) is 1.77. The second-order valence-corrected chi connectivity index (χ2v) is 4.54. The molecule has 92 valence electrons. The molecule has 4 nitrogen and oxygen atoms in total. The minimum Gasteiger partial charge on any atom is -0.322 e. The third kappa shape index (κ3) is 2.97. The van der Waals surface area contributed by atoms with Gasteiger partial charge in [0.15, 0.2) is 0 Å². The molecule has 1 heterocycles. The number of piperazine rings is 1. The van der Waals surface area contributed by atoms with Crippen LogP contribution in [0.15, 0.2) is 24.3 Å². The van der Waals surface area contributed by atoms with Gasteiger partial charge >= 0.3 is 6.03 Å². The zero-order valence-corrected chi connectivity index (χ0v) is 10.4. The molecule has 17 heavy (non-hydrogen) atoms. The third-order valence-electron chi connectivity index (χ3n) is 3.18. The summed E-state index contributed by atoms with van der Waals surface area (Å²) in [6.07, 6.45) is 0. The van der Waals surface area contributed by atoms with Crippen molar-refractivity contribution in [3.63, 3.8) is 0 Å². The standard InChI is InChI=1S/C13H19N3O/c1-11-5-3-4-6-12(11)14-13(17)16-9-7-15(2)8-10-16/h3-6H,7-10H2,1-2H3,(H,14,17). The average Bonchev–Trinajstić information content (AvgIpc) is 2.33. The van der Waals surface area contributed by atoms with Gasteiger partial charge in [0, 0.05) is 31.9 Å². The summed E-state index contributed by atoms with van der Waals surface area (Å²) in [6, 6.07) is 7.85. The van der Waals surface area contributed by atoms with Crippen LogP contribution in [0.4, 0.5) is 10.5 Å². The van der Waals surface area contributed by atoms with E-state index in [2.05, 4.69) is 17.3 Å². The number of likely N-dealkylation sites (N-methyl/N-ethyl adjacent to an activating group) is 1. The second kappa shape index (κ2) is 5.19. The molecule has 0 spiro atoms. The van der Waals surface area contributed by atoms with Gasteiger partial charge in [0.1, 0.15) is 0 Å². The minimum atomic E-state index is 0.00685. The van der Waals surface area contributed by atoms with Crippen molar-refractivity contribution >= 4 is 11.7 Å². The van der Waals surface area contributed by atoms with E-state index in [-0.39, 0.29) is 6.03 Å². The molecule has 1 fully saturated rings. The molecule has 1 aromatic rings. The molecule has 0 unspecified atom stereocenters. The van der Waals surface area contributed by atoms with Crippen LogP contribution in [-0.2, 0) is 0 Å². The molecular formula is C13H19N3O. The van der Waals surface area contributed by atoms with E-state index in [0.717, 1.165) is 37.4 Å². The first-order valence-corrected chi connectivity index (χ1v) is 5.97. The molecule has 1 N–H and O–H groups in total. The average molecular weight is 233 g/mol. The quantitative estimate of drug-likeness (QED) is 0.802. The van der Waals surface area contributed by atoms with Crippen LogP contribution in [0, 0.1) is 6.92 Å². The van der Waals surface area contributed by atoms with Gasteiger partial charge in [-0.05, 0) is 25.6 Å². The molecule has 1 saturated heterocycles. The number of hydrogen-bond acceptors (Lipinski definition) is 2. The van der Waals surface area contributed by atoms with Crippen LogP contribution < -0.4 is 5.32 Å². The molecule has 0 aromatic heterocycles. The summed E-state index contributed by atoms with van der Waals surface area (Å²) in [4.78, 5) is 16.1. The number of nitrogens with one attached hydrogen (secondary N) is 1. The van der Waals surface area contributed by atoms with E-state index in [9.17, 15) is 4.79 Å². The number of aryl methyl sites for hydroxylation is 1. The van der Waals surface area contributed by atoms with E-state index in [1.54, 1.807) is 0 Å². The highest BCUT2D eigenvalue weighted by Gasteiger charge is 2.19. The largest absolute Gasteiger partial charge is 0.322 e. The number of hydrogen-bond donors (Lipinski definition) is 1. The van der Waals surface area contributed by atoms with Crippen molar-refractivity contribution in [1.29, 1.82) is 0 Å². The van der Waals surface area contributed by atoms with Gasteiger partial charge in [-0.1, -0.05) is 18.2 Å². The number of amides is 2. The van der Waals surface area contributed by atoms with Crippen molar-refractivity contribution in [2.75, 3.05) is 38.5 Å². The number of carbonyl (C=O) groups is 1. The van der Waals surface area contributed by atoms with Gasteiger partial charge in [-0.25, -0.2) is 4.79 Å². The fourth-order valence-electron chi connectivity index (χ4n) is 1.92. The Balaban J connectivity index is 1.95. The lowest BCUT2D eigenvalue weighted by molar-refractivity contribution is 0.164. The Labute approximate surface area is 102 Å². The molecule has 1 aromatic carbocycles. The summed E-state index contributed by atoms with van der Waals surface area (Å²) < 4.78 is 0. The van der Waals surface area contributed by atoms with Gasteiger partial charge in [0.25, 0.3) is 0 Å². The summed E-state index contributed by atoms with van der Waals surface area (Å²) >= 11 is 0. The van der Waals surface area contributed by atoms with Crippen LogP contribution in [0.3, 0.4) is 0 Å². The van der Waals surface area contributed by atoms with Crippen LogP contribution in [0.25, 0.3) is 0 Å². The van der Waals surface area contributed by atoms with Gasteiger partial charge in [-0.2, -0.15) is 0 Å². The van der Waals surface area contributed by atoms with Crippen LogP contribution in [-0.4, -0.2) is 49.1 Å². The van der Waals surface area contributed by atoms with Gasteiger partial charge in [0.05, 0.1) is 0 Å². The molecule has 4 heteroatoms. The Kier molecular flexibility index (Phi) is 3.64. The number of benzene rings is 1. The number of para-hydroxylation sites is 1. The molecule has 0 atom stereocenters. The van der Waals surface area contributed by atoms with Crippen molar-refractivity contribution in [1.82, 2.24) is 9.80 Å². The first-order valence-electron chi connectivity index (χ1n) is 5.97. The lowest BCUT2D eigenvalue weighted by Gasteiger charge is -2.32. The normalized spacial score (nSPS) is 16.9. The Morgan fingerprint density at radius 2 is 1.82 bits per heavy atom. The smallest absolute Gasteiger partial charge is 0.321 e. The maximum absolute atomic E-state index is 12.0. The topological polar surface area (TPSA) is 35.6 Å². The number of nitrogens with zero attached hydrogens (tertiary/aromatic N) is 2. The minimum absolute atomic E-state index is 0.00685. The highest BCUT2D eigenvalue weighted by atomic mass is 16.2. The fraction of sp³-hybridized carbons (Fsp3) is 0.462. The lowest BCUT2D eigenvalue weighted by Crippen LogP contribution is -2.48. The Morgan fingerprint density at radius 3 is 2.47 bits per heavy atom. The monoisotopic (exact) mass is 233 g/mol. The van der Waals surface area contributed by atoms with Crippen molar-refractivity contribution in [3.05, 3.63) is 29.8 Å². The molecular weight excluding hydrogens is 214 g/mol. The number of urea groups is 1. The van der Waals surface area contributed by atoms with E-state index in [1.807, 2.05) is 36.1 Å². The summed E-state index contributed by atoms with van der Waals surface area (Å²) in [5.41, 5.74) is 1.99. The maximum Gasteiger partial charge on any atom is 0.321 e. The number of anilines is 1. The first kappa shape index (κ1) is 11.9. The summed E-state index contributed by atoms with van der Waals surface area (Å²) in [5, 5.41) is 2.96. The molecule has 0 radical (unpaired) electrons. The van der Waals surface area contributed by atoms with E-state index in [4.69, 9.17) is 0 Å². The van der Waals surface area contributed by atoms with Crippen molar-refractivity contribution in [3.8, 4) is 0 Å². The summed E-state index contributed by atoms with van der Waals surface area (Å²) in [6.45, 7) is 5.49. The van der Waals surface area contributed by atoms with Crippen LogP contribution in [0.5, 0.6) is 0 Å². The Bertz CT molecular complexity index is 397. The number of carbonyl (C=O) groups excluding carboxylic acids is 1. The molecule has 0 saturated carbocycles. The zero-order chi connectivity index (χ0) is 12.3. The first-order chi connectivity index (χ1) is 8.16. The SMILES string of the molecule is Cc1ccccc1NC(=O)N1CCN(C)CC1. The van der Waals surface area contributed by atoms with Crippen molar-refractivity contribution in [2.24, 2.45) is 0 Å². The van der Waals surface area contributed by atoms with Gasteiger partial charge in [0.2, 0.25) is 0 Å². The molecule has 1 aliphatic rings. The van der Waals surface area contributed by atoms with E-state index >= 15 is 0 Å². The van der Waals surface area contributed by atoms with E-state index in [0.29, 0.717) is 0 Å². The zero-order valence-electron chi connectivity index (χ0n) is 10.4. The predicted molar refractivity (Wildman–Crippen MR) is 69.3 cm³/mol. The van der Waals surface area contributed by atoms with E-state index < -0.39 is 0 Å². The highest BCUT2D eigenvalue weighted by molar-refractivity contribution is 5.90. The molecule has 0 aliphatic carbocycles. The van der Waals surface area contributed by atoms with Crippen molar-refractivity contribution < 1.29 is 4.79 Å². The molecule has 0 bridgehead atoms. The molecule has 2 rings (SSSR count). The summed E-state index contributed by atoms with van der Waals surface area (Å²) in [7, 11) is 2.08. The van der Waals surface area contributed by atoms with Crippen molar-refractivity contribution in [2.45, 2.75) is 6.92 Å². The van der Waals surface area contributed by atoms with Crippen LogP contribution >= 0.6 is 0 Å². The van der Waals surface area contributed by atoms with Crippen LogP contribution in [0.1, 0.15) is 5.56 Å². The summed E-state index contributed by atoms with van der Waals surface area (Å²) in [5.74, 6) is 0. The van der Waals surface area contributed by atoms with Gasteiger partial charge < -0.3 is 15.1 Å².